The number of fused-ring (bicyclic) bond motifs is 2. The van der Waals surface area contributed by atoms with Crippen LogP contribution in [-0.4, -0.2) is 39.4 Å². The van der Waals surface area contributed by atoms with Crippen LogP contribution in [0.4, 0.5) is 5.69 Å². The number of amides is 3. The first kappa shape index (κ1) is 14.1. The summed E-state index contributed by atoms with van der Waals surface area (Å²) >= 11 is 0. The van der Waals surface area contributed by atoms with Crippen molar-refractivity contribution in [3.8, 4) is 0 Å². The highest BCUT2D eigenvalue weighted by molar-refractivity contribution is 6.22. The average molecular weight is 320 g/mol. The predicted molar refractivity (Wildman–Crippen MR) is 86.5 cm³/mol. The predicted octanol–water partition coefficient (Wildman–Crippen LogP) is 1.80. The molecule has 3 amide bonds. The Labute approximate surface area is 136 Å². The van der Waals surface area contributed by atoms with Crippen LogP contribution in [0.15, 0.2) is 48.7 Å². The maximum absolute atomic E-state index is 12.2. The lowest BCUT2D eigenvalue weighted by Crippen LogP contribution is -2.37. The number of rotatable bonds is 3. The van der Waals surface area contributed by atoms with Crippen molar-refractivity contribution >= 4 is 34.3 Å². The van der Waals surface area contributed by atoms with Crippen LogP contribution in [0.1, 0.15) is 20.7 Å². The second-order valence-corrected chi connectivity index (χ2v) is 5.46. The van der Waals surface area contributed by atoms with Gasteiger partial charge < -0.3 is 5.32 Å². The van der Waals surface area contributed by atoms with Crippen molar-refractivity contribution in [1.29, 1.82) is 0 Å². The van der Waals surface area contributed by atoms with E-state index in [1.165, 1.54) is 0 Å². The van der Waals surface area contributed by atoms with Gasteiger partial charge in [-0.3, -0.25) is 24.4 Å². The fourth-order valence-electron chi connectivity index (χ4n) is 2.74. The van der Waals surface area contributed by atoms with Crippen LogP contribution in [0, 0.1) is 0 Å². The molecule has 24 heavy (non-hydrogen) atoms. The van der Waals surface area contributed by atoms with E-state index in [0.717, 1.165) is 15.8 Å². The van der Waals surface area contributed by atoms with Gasteiger partial charge in [-0.1, -0.05) is 12.1 Å². The fraction of sp³-hybridized carbons (Fsp3) is 0.0588. The Hall–Kier alpha value is -3.48. The Morgan fingerprint density at radius 2 is 1.79 bits per heavy atom. The second-order valence-electron chi connectivity index (χ2n) is 5.46. The summed E-state index contributed by atoms with van der Waals surface area (Å²) in [7, 11) is 0. The zero-order chi connectivity index (χ0) is 16.7. The number of nitrogens with one attached hydrogen (secondary N) is 2. The van der Waals surface area contributed by atoms with Gasteiger partial charge in [-0.2, -0.15) is 5.10 Å². The first-order valence-corrected chi connectivity index (χ1v) is 7.32. The molecule has 2 heterocycles. The largest absolute Gasteiger partial charge is 0.324 e. The summed E-state index contributed by atoms with van der Waals surface area (Å²) in [6, 6.07) is 11.8. The SMILES string of the molecule is O=C(CN1C(=O)c2ccccc2C1=O)Nc1ccc2cn[nH]c2c1. The lowest BCUT2D eigenvalue weighted by atomic mass is 10.1. The van der Waals surface area contributed by atoms with E-state index < -0.39 is 17.7 Å². The van der Waals surface area contributed by atoms with Crippen molar-refractivity contribution in [3.63, 3.8) is 0 Å². The first-order valence-electron chi connectivity index (χ1n) is 7.32. The monoisotopic (exact) mass is 320 g/mol. The van der Waals surface area contributed by atoms with Crippen molar-refractivity contribution in [3.05, 3.63) is 59.8 Å². The van der Waals surface area contributed by atoms with Crippen LogP contribution in [-0.2, 0) is 4.79 Å². The molecule has 7 heteroatoms. The summed E-state index contributed by atoms with van der Waals surface area (Å²) in [5.41, 5.74) is 2.00. The third-order valence-electron chi connectivity index (χ3n) is 3.91. The van der Waals surface area contributed by atoms with E-state index in [2.05, 4.69) is 15.5 Å². The topological polar surface area (TPSA) is 95.2 Å². The number of aromatic amines is 1. The minimum atomic E-state index is -0.449. The van der Waals surface area contributed by atoms with E-state index in [9.17, 15) is 14.4 Å². The zero-order valence-corrected chi connectivity index (χ0v) is 12.4. The molecule has 2 aromatic carbocycles. The maximum atomic E-state index is 12.2. The number of benzene rings is 2. The number of aromatic nitrogens is 2. The normalized spacial score (nSPS) is 13.4. The van der Waals surface area contributed by atoms with Gasteiger partial charge in [-0.05, 0) is 30.3 Å². The molecule has 0 saturated carbocycles. The molecular weight excluding hydrogens is 308 g/mol. The molecule has 118 valence electrons. The number of anilines is 1. The minimum absolute atomic E-state index is 0.326. The van der Waals surface area contributed by atoms with Crippen LogP contribution in [0.3, 0.4) is 0 Å². The molecule has 7 nitrogen and oxygen atoms in total. The number of carbonyl (C=O) groups excluding carboxylic acids is 3. The van der Waals surface area contributed by atoms with Crippen LogP contribution in [0.2, 0.25) is 0 Å². The van der Waals surface area contributed by atoms with Crippen molar-refractivity contribution < 1.29 is 14.4 Å². The molecular formula is C17H12N4O3. The van der Waals surface area contributed by atoms with Crippen LogP contribution >= 0.6 is 0 Å². The maximum Gasteiger partial charge on any atom is 0.262 e. The number of H-pyrrole nitrogens is 1. The third kappa shape index (κ3) is 2.23. The second kappa shape index (κ2) is 5.31. The van der Waals surface area contributed by atoms with E-state index in [4.69, 9.17) is 0 Å². The van der Waals surface area contributed by atoms with Crippen molar-refractivity contribution in [1.82, 2.24) is 15.1 Å². The molecule has 0 spiro atoms. The van der Waals surface area contributed by atoms with Gasteiger partial charge in [0.1, 0.15) is 6.54 Å². The Bertz CT molecular complexity index is 957. The van der Waals surface area contributed by atoms with Gasteiger partial charge >= 0.3 is 0 Å². The number of nitrogens with zero attached hydrogens (tertiary/aromatic N) is 2. The van der Waals surface area contributed by atoms with E-state index in [-0.39, 0.29) is 6.54 Å². The highest BCUT2D eigenvalue weighted by atomic mass is 16.2. The molecule has 1 aromatic heterocycles. The molecule has 0 unspecified atom stereocenters. The molecule has 1 aliphatic heterocycles. The number of carbonyl (C=O) groups is 3. The molecule has 0 fully saturated rings. The lowest BCUT2D eigenvalue weighted by molar-refractivity contribution is -0.116. The summed E-state index contributed by atoms with van der Waals surface area (Å²) in [6.07, 6.45) is 1.68. The highest BCUT2D eigenvalue weighted by Gasteiger charge is 2.36. The van der Waals surface area contributed by atoms with Gasteiger partial charge in [0.15, 0.2) is 0 Å². The summed E-state index contributed by atoms with van der Waals surface area (Å²) in [4.78, 5) is 37.6. The quantitative estimate of drug-likeness (QED) is 0.719. The molecule has 1 aliphatic rings. The average Bonchev–Trinajstić information content (AvgIpc) is 3.14. The standard InChI is InChI=1S/C17H12N4O3/c22-15(19-11-6-5-10-8-18-20-14(10)7-11)9-21-16(23)12-3-1-2-4-13(12)17(21)24/h1-8H,9H2,(H,18,20)(H,19,22). The molecule has 0 saturated heterocycles. The number of hydrogen-bond acceptors (Lipinski definition) is 4. The summed E-state index contributed by atoms with van der Waals surface area (Å²) in [5.74, 6) is -1.34. The van der Waals surface area contributed by atoms with Gasteiger partial charge in [-0.25, -0.2) is 0 Å². The summed E-state index contributed by atoms with van der Waals surface area (Å²) in [5, 5.41) is 10.3. The molecule has 2 N–H and O–H groups in total. The lowest BCUT2D eigenvalue weighted by Gasteiger charge is -2.13. The van der Waals surface area contributed by atoms with E-state index in [1.54, 1.807) is 42.6 Å². The van der Waals surface area contributed by atoms with Crippen molar-refractivity contribution in [2.75, 3.05) is 11.9 Å². The molecule has 4 rings (SSSR count). The van der Waals surface area contributed by atoms with Crippen molar-refractivity contribution in [2.45, 2.75) is 0 Å². The summed E-state index contributed by atoms with van der Waals surface area (Å²) < 4.78 is 0. The number of imide groups is 1. The van der Waals surface area contributed by atoms with E-state index >= 15 is 0 Å². The molecule has 0 atom stereocenters. The minimum Gasteiger partial charge on any atom is -0.324 e. The first-order chi connectivity index (χ1) is 11.6. The number of hydrogen-bond donors (Lipinski definition) is 2. The van der Waals surface area contributed by atoms with Crippen LogP contribution < -0.4 is 5.32 Å². The van der Waals surface area contributed by atoms with Gasteiger partial charge in [0.25, 0.3) is 11.8 Å². The smallest absolute Gasteiger partial charge is 0.262 e. The van der Waals surface area contributed by atoms with Crippen molar-refractivity contribution in [2.24, 2.45) is 0 Å². The Morgan fingerprint density at radius 3 is 2.50 bits per heavy atom. The molecule has 0 bridgehead atoms. The highest BCUT2D eigenvalue weighted by Crippen LogP contribution is 2.22. The Kier molecular flexibility index (Phi) is 3.13. The zero-order valence-electron chi connectivity index (χ0n) is 12.4. The molecule has 0 radical (unpaired) electrons. The van der Waals surface area contributed by atoms with Gasteiger partial charge in [0, 0.05) is 11.1 Å². The molecule has 0 aliphatic carbocycles. The van der Waals surface area contributed by atoms with E-state index in [0.29, 0.717) is 16.8 Å². The van der Waals surface area contributed by atoms with Gasteiger partial charge in [-0.15, -0.1) is 0 Å². The van der Waals surface area contributed by atoms with Crippen LogP contribution in [0.5, 0.6) is 0 Å². The Balaban J connectivity index is 1.50. The van der Waals surface area contributed by atoms with Gasteiger partial charge in [0.05, 0.1) is 22.8 Å². The Morgan fingerprint density at radius 1 is 1.08 bits per heavy atom. The van der Waals surface area contributed by atoms with E-state index in [1.807, 2.05) is 6.07 Å². The van der Waals surface area contributed by atoms with Gasteiger partial charge in [0.2, 0.25) is 5.91 Å². The fourth-order valence-corrected chi connectivity index (χ4v) is 2.74. The molecule has 3 aromatic rings. The third-order valence-corrected chi connectivity index (χ3v) is 3.91. The van der Waals surface area contributed by atoms with Crippen LogP contribution in [0.25, 0.3) is 10.9 Å². The summed E-state index contributed by atoms with van der Waals surface area (Å²) in [6.45, 7) is -0.326.